The van der Waals surface area contributed by atoms with Gasteiger partial charge in [-0.3, -0.25) is 10.2 Å². The topological polar surface area (TPSA) is 179 Å². The molecule has 0 aromatic heterocycles. The molecule has 8 N–H and O–H groups in total. The highest BCUT2D eigenvalue weighted by molar-refractivity contribution is 5.81. The lowest BCUT2D eigenvalue weighted by Crippen LogP contribution is -2.64. The van der Waals surface area contributed by atoms with Crippen LogP contribution in [0.3, 0.4) is 0 Å². The molecule has 0 radical (unpaired) electrons. The van der Waals surface area contributed by atoms with Crippen LogP contribution in [0.2, 0.25) is 0 Å². The van der Waals surface area contributed by atoms with Gasteiger partial charge in [0.1, 0.15) is 12.2 Å². The normalized spacial score (nSPS) is 28.6. The molecule has 0 unspecified atom stereocenters. The number of hydrogen-bond donors (Lipinski definition) is 6. The number of rotatable bonds is 9. The number of aliphatic hydroxyl groups excluding tert-OH is 1. The van der Waals surface area contributed by atoms with Crippen molar-refractivity contribution in [3.63, 3.8) is 0 Å². The lowest BCUT2D eigenvalue weighted by atomic mass is 9.53. The van der Waals surface area contributed by atoms with Crippen LogP contribution in [0.25, 0.3) is 0 Å². The number of nitrogens with zero attached hydrogens (tertiary/aromatic N) is 2. The maximum Gasteiger partial charge on any atom is 0.412 e. The van der Waals surface area contributed by atoms with E-state index in [1.165, 1.54) is 10.5 Å². The first-order valence-electron chi connectivity index (χ1n) is 13.6. The quantitative estimate of drug-likeness (QED) is 0.105. The number of nitrogens with one attached hydrogen (secondary N) is 3. The molecule has 1 saturated heterocycles. The monoisotopic (exact) mass is 541 g/mol. The largest absolute Gasteiger partial charge is 0.482 e. The van der Waals surface area contributed by atoms with Crippen LogP contribution in [0.1, 0.15) is 30.4 Å². The molecule has 39 heavy (non-hydrogen) atoms. The highest BCUT2D eigenvalue weighted by atomic mass is 16.6. The molecule has 2 aliphatic carbocycles. The summed E-state index contributed by atoms with van der Waals surface area (Å²) in [5, 5.41) is 23.4. The predicted molar refractivity (Wildman–Crippen MR) is 145 cm³/mol. The van der Waals surface area contributed by atoms with Crippen LogP contribution in [-0.2, 0) is 16.6 Å². The minimum absolute atomic E-state index is 0.118. The summed E-state index contributed by atoms with van der Waals surface area (Å²) in [6.07, 6.45) is 5.00. The number of likely N-dealkylation sites (tertiary alicyclic amines) is 1. The number of likely N-dealkylation sites (N-methyl/N-ethyl adjacent to an activating group) is 2. The van der Waals surface area contributed by atoms with Crippen LogP contribution in [0.4, 0.5) is 4.79 Å². The highest BCUT2D eigenvalue weighted by Crippen LogP contribution is 2.62. The van der Waals surface area contributed by atoms with Gasteiger partial charge in [-0.05, 0) is 50.9 Å². The van der Waals surface area contributed by atoms with Crippen LogP contribution in [0.15, 0.2) is 24.3 Å². The number of aliphatic hydroxyl groups is 1. The maximum atomic E-state index is 12.7. The van der Waals surface area contributed by atoms with E-state index in [4.69, 9.17) is 26.4 Å². The summed E-state index contributed by atoms with van der Waals surface area (Å²) in [5.41, 5.74) is 13.2. The predicted octanol–water partition coefficient (Wildman–Crippen LogP) is -0.370. The van der Waals surface area contributed by atoms with Crippen molar-refractivity contribution < 1.29 is 24.2 Å². The Morgan fingerprint density at radius 1 is 1.33 bits per heavy atom. The summed E-state index contributed by atoms with van der Waals surface area (Å²) < 4.78 is 12.1. The fourth-order valence-electron chi connectivity index (χ4n) is 6.83. The minimum atomic E-state index is -0.727. The van der Waals surface area contributed by atoms with Gasteiger partial charge in [-0.15, -0.1) is 0 Å². The molecule has 2 bridgehead atoms. The molecule has 1 aromatic rings. The van der Waals surface area contributed by atoms with Crippen LogP contribution in [-0.4, -0.2) is 97.4 Å². The molecule has 12 heteroatoms. The van der Waals surface area contributed by atoms with Gasteiger partial charge >= 0.3 is 6.09 Å². The standard InChI is InChI=1S/C27H39N7O5/c1-33-12-9-27-16-6-7-19(35)23(27)39-22-20(8-5-15(21(22)27)14-18(16)33)38-26(37)32-11-13-34(2)24(36)17(28)4-3-10-31-25(29)30/h5-8,16-19,23,35H,3-4,9-14,28H2,1-2H3,(H,32,37)(H4,29,30,31)/t16-,17-,18+,19-,23-,27-/m0/s1. The Morgan fingerprint density at radius 3 is 2.90 bits per heavy atom. The molecule has 1 spiro atoms. The molecule has 4 aliphatic rings. The SMILES string of the molecule is CN(CCNC(=O)Oc1ccc2c3c1O[C@H]1[C@@H](O)C=C[C@H]4[C@@H](C2)N(C)CC[C@@]341)C(=O)[C@@H](N)CCCNC(=N)N. The molecule has 2 aliphatic heterocycles. The Hall–Kier alpha value is -3.35. The molecule has 12 nitrogen and oxygen atoms in total. The number of ether oxygens (including phenoxy) is 2. The fraction of sp³-hybridized carbons (Fsp3) is 0.593. The zero-order valence-corrected chi connectivity index (χ0v) is 22.5. The number of benzene rings is 1. The van der Waals surface area contributed by atoms with Crippen molar-refractivity contribution >= 4 is 18.0 Å². The molecule has 5 rings (SSSR count). The number of guanidine groups is 1. The molecular weight excluding hydrogens is 502 g/mol. The van der Waals surface area contributed by atoms with Gasteiger partial charge in [-0.25, -0.2) is 4.79 Å². The Morgan fingerprint density at radius 2 is 2.13 bits per heavy atom. The second kappa shape index (κ2) is 10.7. The molecular formula is C27H39N7O5. The molecule has 0 saturated carbocycles. The van der Waals surface area contributed by atoms with E-state index in [-0.39, 0.29) is 36.3 Å². The Kier molecular flexibility index (Phi) is 7.45. The van der Waals surface area contributed by atoms with Crippen molar-refractivity contribution in [3.8, 4) is 11.5 Å². The van der Waals surface area contributed by atoms with Crippen LogP contribution in [0.5, 0.6) is 11.5 Å². The second-order valence-electron chi connectivity index (χ2n) is 11.1. The first-order valence-corrected chi connectivity index (χ1v) is 13.6. The Labute approximate surface area is 228 Å². The molecule has 2 amide bonds. The van der Waals surface area contributed by atoms with E-state index in [0.29, 0.717) is 36.9 Å². The number of carbonyl (C=O) groups is 2. The molecule has 212 valence electrons. The lowest BCUT2D eigenvalue weighted by molar-refractivity contribution is -0.131. The van der Waals surface area contributed by atoms with Gasteiger partial charge in [-0.1, -0.05) is 18.2 Å². The van der Waals surface area contributed by atoms with E-state index in [0.717, 1.165) is 24.9 Å². The van der Waals surface area contributed by atoms with Crippen molar-refractivity contribution in [2.45, 2.75) is 55.4 Å². The van der Waals surface area contributed by atoms with Gasteiger partial charge in [0.15, 0.2) is 17.5 Å². The van der Waals surface area contributed by atoms with Gasteiger partial charge in [0.25, 0.3) is 0 Å². The zero-order valence-electron chi connectivity index (χ0n) is 22.5. The van der Waals surface area contributed by atoms with Gasteiger partial charge in [0.05, 0.1) is 6.04 Å². The molecule has 1 fully saturated rings. The first kappa shape index (κ1) is 27.2. The second-order valence-corrected chi connectivity index (χ2v) is 11.1. The number of nitrogens with two attached hydrogens (primary N) is 2. The summed E-state index contributed by atoms with van der Waals surface area (Å²) in [7, 11) is 3.79. The summed E-state index contributed by atoms with van der Waals surface area (Å²) in [5.74, 6) is 0.773. The number of amides is 2. The van der Waals surface area contributed by atoms with E-state index in [2.05, 4.69) is 28.7 Å². The number of carbonyl (C=O) groups excluding carboxylic acids is 2. The van der Waals surface area contributed by atoms with Gasteiger partial charge in [-0.2, -0.15) is 0 Å². The smallest absolute Gasteiger partial charge is 0.412 e. The first-order chi connectivity index (χ1) is 18.6. The van der Waals surface area contributed by atoms with E-state index in [9.17, 15) is 14.7 Å². The molecule has 1 aromatic carbocycles. The van der Waals surface area contributed by atoms with Crippen molar-refractivity contribution in [2.75, 3.05) is 40.3 Å². The summed E-state index contributed by atoms with van der Waals surface area (Å²) in [4.78, 5) is 29.1. The van der Waals surface area contributed by atoms with Crippen molar-refractivity contribution in [2.24, 2.45) is 17.4 Å². The molecule has 6 atom stereocenters. The van der Waals surface area contributed by atoms with E-state index >= 15 is 0 Å². The average Bonchev–Trinajstić information content (AvgIpc) is 3.26. The van der Waals surface area contributed by atoms with Crippen molar-refractivity contribution in [1.82, 2.24) is 20.4 Å². The average molecular weight is 542 g/mol. The maximum absolute atomic E-state index is 12.7. The fourth-order valence-corrected chi connectivity index (χ4v) is 6.83. The molecule has 2 heterocycles. The third-order valence-electron chi connectivity index (χ3n) is 8.75. The van der Waals surface area contributed by atoms with E-state index in [1.807, 2.05) is 12.1 Å². The third kappa shape index (κ3) is 4.81. The summed E-state index contributed by atoms with van der Waals surface area (Å²) in [6.45, 7) is 1.83. The van der Waals surface area contributed by atoms with Gasteiger partial charge < -0.3 is 46.5 Å². The highest BCUT2D eigenvalue weighted by Gasteiger charge is 2.64. The summed E-state index contributed by atoms with van der Waals surface area (Å²) in [6, 6.07) is 3.45. The lowest BCUT2D eigenvalue weighted by Gasteiger charge is -2.56. The third-order valence-corrected chi connectivity index (χ3v) is 8.75. The number of hydrogen-bond acceptors (Lipinski definition) is 8. The Bertz CT molecular complexity index is 1180. The van der Waals surface area contributed by atoms with Crippen molar-refractivity contribution in [1.29, 1.82) is 5.41 Å². The summed E-state index contributed by atoms with van der Waals surface area (Å²) >= 11 is 0. The van der Waals surface area contributed by atoms with Gasteiger partial charge in [0.2, 0.25) is 5.91 Å². The minimum Gasteiger partial charge on any atom is -0.482 e. The number of piperidine rings is 1. The van der Waals surface area contributed by atoms with Gasteiger partial charge in [0, 0.05) is 49.6 Å². The van der Waals surface area contributed by atoms with Crippen LogP contribution >= 0.6 is 0 Å². The van der Waals surface area contributed by atoms with E-state index < -0.39 is 24.3 Å². The van der Waals surface area contributed by atoms with Crippen LogP contribution < -0.4 is 31.6 Å². The van der Waals surface area contributed by atoms with E-state index in [1.54, 1.807) is 13.1 Å². The van der Waals surface area contributed by atoms with Crippen molar-refractivity contribution in [3.05, 3.63) is 35.4 Å². The Balaban J connectivity index is 1.19. The zero-order chi connectivity index (χ0) is 27.9. The van der Waals surface area contributed by atoms with Crippen LogP contribution in [0, 0.1) is 11.3 Å².